The average Bonchev–Trinajstić information content (AvgIpc) is 2.44. The number of halogens is 2. The molecular formula is C15H14F2N2O2. The molecular weight excluding hydrogens is 278 g/mol. The number of hydrogen-bond acceptors (Lipinski definition) is 3. The highest BCUT2D eigenvalue weighted by Crippen LogP contribution is 2.20. The predicted octanol–water partition coefficient (Wildman–Crippen LogP) is 2.87. The third-order valence-corrected chi connectivity index (χ3v) is 2.78. The summed E-state index contributed by atoms with van der Waals surface area (Å²) < 4.78 is 32.2. The van der Waals surface area contributed by atoms with E-state index in [4.69, 9.17) is 10.5 Å². The Morgan fingerprint density at radius 2 is 2.05 bits per heavy atom. The Kier molecular flexibility index (Phi) is 4.37. The van der Waals surface area contributed by atoms with E-state index in [-0.39, 0.29) is 11.4 Å². The van der Waals surface area contributed by atoms with Crippen molar-refractivity contribution < 1.29 is 18.3 Å². The smallest absolute Gasteiger partial charge is 0.262 e. The molecule has 2 rings (SSSR count). The van der Waals surface area contributed by atoms with Gasteiger partial charge in [0.05, 0.1) is 5.69 Å². The van der Waals surface area contributed by atoms with Gasteiger partial charge < -0.3 is 15.8 Å². The van der Waals surface area contributed by atoms with Crippen LogP contribution < -0.4 is 15.8 Å². The van der Waals surface area contributed by atoms with Crippen LogP contribution in [0.1, 0.15) is 5.56 Å². The summed E-state index contributed by atoms with van der Waals surface area (Å²) in [5.74, 6) is -1.78. The summed E-state index contributed by atoms with van der Waals surface area (Å²) in [6.45, 7) is 1.15. The van der Waals surface area contributed by atoms with Crippen LogP contribution in [0.15, 0.2) is 36.4 Å². The number of rotatable bonds is 4. The molecule has 0 radical (unpaired) electrons. The van der Waals surface area contributed by atoms with Crippen LogP contribution in [0.5, 0.6) is 5.75 Å². The zero-order valence-corrected chi connectivity index (χ0v) is 11.3. The van der Waals surface area contributed by atoms with Gasteiger partial charge in [-0.25, -0.2) is 8.78 Å². The normalized spacial score (nSPS) is 10.2. The molecule has 2 aromatic rings. The summed E-state index contributed by atoms with van der Waals surface area (Å²) in [4.78, 5) is 11.7. The first-order valence-electron chi connectivity index (χ1n) is 6.20. The Morgan fingerprint density at radius 3 is 2.81 bits per heavy atom. The fourth-order valence-electron chi connectivity index (χ4n) is 1.70. The van der Waals surface area contributed by atoms with Gasteiger partial charge >= 0.3 is 0 Å². The summed E-state index contributed by atoms with van der Waals surface area (Å²) in [6, 6.07) is 8.43. The highest BCUT2D eigenvalue weighted by Gasteiger charge is 2.11. The largest absolute Gasteiger partial charge is 0.481 e. The molecule has 0 aromatic heterocycles. The van der Waals surface area contributed by atoms with Crippen LogP contribution in [-0.4, -0.2) is 12.5 Å². The zero-order chi connectivity index (χ0) is 15.4. The van der Waals surface area contributed by atoms with Gasteiger partial charge in [-0.05, 0) is 36.8 Å². The third kappa shape index (κ3) is 3.68. The van der Waals surface area contributed by atoms with Gasteiger partial charge in [-0.3, -0.25) is 4.79 Å². The molecule has 0 heterocycles. The molecule has 110 valence electrons. The number of hydrogen-bond donors (Lipinski definition) is 2. The van der Waals surface area contributed by atoms with Crippen LogP contribution in [0.4, 0.5) is 20.2 Å². The van der Waals surface area contributed by atoms with Crippen LogP contribution in [-0.2, 0) is 4.79 Å². The lowest BCUT2D eigenvalue weighted by atomic mass is 10.2. The topological polar surface area (TPSA) is 64.3 Å². The number of ether oxygens (including phenoxy) is 1. The fraction of sp³-hybridized carbons (Fsp3) is 0.133. The second-order valence-electron chi connectivity index (χ2n) is 4.46. The average molecular weight is 292 g/mol. The summed E-state index contributed by atoms with van der Waals surface area (Å²) in [7, 11) is 0. The molecule has 0 saturated carbocycles. The van der Waals surface area contributed by atoms with Crippen LogP contribution in [0.2, 0.25) is 0 Å². The Morgan fingerprint density at radius 1 is 1.29 bits per heavy atom. The van der Waals surface area contributed by atoms with Gasteiger partial charge in [-0.15, -0.1) is 0 Å². The molecule has 6 heteroatoms. The molecule has 1 amide bonds. The van der Waals surface area contributed by atoms with Gasteiger partial charge in [-0.2, -0.15) is 0 Å². The first-order chi connectivity index (χ1) is 9.97. The Hall–Kier alpha value is -2.63. The van der Waals surface area contributed by atoms with E-state index in [1.54, 1.807) is 19.1 Å². The number of anilines is 2. The zero-order valence-electron chi connectivity index (χ0n) is 11.3. The molecule has 4 nitrogen and oxygen atoms in total. The van der Waals surface area contributed by atoms with Crippen molar-refractivity contribution >= 4 is 17.3 Å². The van der Waals surface area contributed by atoms with Gasteiger partial charge in [0.2, 0.25) is 0 Å². The maximum atomic E-state index is 13.7. The first kappa shape index (κ1) is 14.8. The Balaban J connectivity index is 1.99. The molecule has 0 unspecified atom stereocenters. The minimum Gasteiger partial charge on any atom is -0.481 e. The lowest BCUT2D eigenvalue weighted by Crippen LogP contribution is -2.21. The predicted molar refractivity (Wildman–Crippen MR) is 76.1 cm³/mol. The summed E-state index contributed by atoms with van der Waals surface area (Å²) in [5.41, 5.74) is 6.19. The minimum atomic E-state index is -0.612. The first-order valence-corrected chi connectivity index (χ1v) is 6.20. The monoisotopic (exact) mass is 292 g/mol. The molecule has 2 aromatic carbocycles. The number of nitrogen functional groups attached to an aromatic ring is 1. The Bertz CT molecular complexity index is 675. The van der Waals surface area contributed by atoms with Crippen molar-refractivity contribution in [1.82, 2.24) is 0 Å². The number of carbonyl (C=O) groups excluding carboxylic acids is 1. The highest BCUT2D eigenvalue weighted by atomic mass is 19.1. The van der Waals surface area contributed by atoms with Crippen LogP contribution in [0.3, 0.4) is 0 Å². The van der Waals surface area contributed by atoms with Crippen LogP contribution in [0, 0.1) is 18.6 Å². The Labute approximate surface area is 120 Å². The van der Waals surface area contributed by atoms with Crippen molar-refractivity contribution in [3.63, 3.8) is 0 Å². The van der Waals surface area contributed by atoms with Crippen molar-refractivity contribution in [1.29, 1.82) is 0 Å². The maximum Gasteiger partial charge on any atom is 0.262 e. The van der Waals surface area contributed by atoms with E-state index < -0.39 is 24.1 Å². The van der Waals surface area contributed by atoms with E-state index in [0.717, 1.165) is 6.07 Å². The van der Waals surface area contributed by atoms with Crippen molar-refractivity contribution in [3.05, 3.63) is 53.6 Å². The van der Waals surface area contributed by atoms with E-state index >= 15 is 0 Å². The molecule has 0 atom stereocenters. The SMILES string of the molecule is Cc1cccc(OCC(=O)Nc2cc(N)ccc2F)c1F. The lowest BCUT2D eigenvalue weighted by Gasteiger charge is -2.10. The van der Waals surface area contributed by atoms with Gasteiger partial charge in [0.25, 0.3) is 5.91 Å². The minimum absolute atomic E-state index is 0.0294. The molecule has 0 bridgehead atoms. The standard InChI is InChI=1S/C15H14F2N2O2/c1-9-3-2-4-13(15(9)17)21-8-14(20)19-12-7-10(18)5-6-11(12)16/h2-7H,8,18H2,1H3,(H,19,20). The molecule has 0 spiro atoms. The van der Waals surface area contributed by atoms with Crippen molar-refractivity contribution in [2.24, 2.45) is 0 Å². The van der Waals surface area contributed by atoms with Crippen molar-refractivity contribution in [2.75, 3.05) is 17.7 Å². The number of amides is 1. The van der Waals surface area contributed by atoms with Crippen LogP contribution in [0.25, 0.3) is 0 Å². The molecule has 21 heavy (non-hydrogen) atoms. The molecule has 0 saturated heterocycles. The summed E-state index contributed by atoms with van der Waals surface area (Å²) in [5, 5.41) is 2.31. The number of nitrogens with two attached hydrogens (primary N) is 1. The summed E-state index contributed by atoms with van der Waals surface area (Å²) >= 11 is 0. The highest BCUT2D eigenvalue weighted by molar-refractivity contribution is 5.92. The van der Waals surface area contributed by atoms with Crippen LogP contribution >= 0.6 is 0 Å². The number of nitrogens with one attached hydrogen (secondary N) is 1. The van der Waals surface area contributed by atoms with Gasteiger partial charge in [-0.1, -0.05) is 12.1 Å². The maximum absolute atomic E-state index is 13.7. The third-order valence-electron chi connectivity index (χ3n) is 2.78. The number of benzene rings is 2. The molecule has 0 aliphatic heterocycles. The molecule has 0 aliphatic carbocycles. The van der Waals surface area contributed by atoms with E-state index in [0.29, 0.717) is 11.3 Å². The van der Waals surface area contributed by atoms with Crippen molar-refractivity contribution in [3.8, 4) is 5.75 Å². The molecule has 0 aliphatic rings. The van der Waals surface area contributed by atoms with E-state index in [9.17, 15) is 13.6 Å². The second kappa shape index (κ2) is 6.21. The van der Waals surface area contributed by atoms with E-state index in [1.165, 1.54) is 18.2 Å². The fourth-order valence-corrected chi connectivity index (χ4v) is 1.70. The van der Waals surface area contributed by atoms with Crippen molar-refractivity contribution in [2.45, 2.75) is 6.92 Å². The number of aryl methyl sites for hydroxylation is 1. The van der Waals surface area contributed by atoms with E-state index in [1.807, 2.05) is 0 Å². The molecule has 3 N–H and O–H groups in total. The van der Waals surface area contributed by atoms with E-state index in [2.05, 4.69) is 5.32 Å². The van der Waals surface area contributed by atoms with Gasteiger partial charge in [0, 0.05) is 5.69 Å². The second-order valence-corrected chi connectivity index (χ2v) is 4.46. The lowest BCUT2D eigenvalue weighted by molar-refractivity contribution is -0.118. The summed E-state index contributed by atoms with van der Waals surface area (Å²) in [6.07, 6.45) is 0. The van der Waals surface area contributed by atoms with Gasteiger partial charge in [0.15, 0.2) is 18.2 Å². The quantitative estimate of drug-likeness (QED) is 0.852. The molecule has 0 fully saturated rings. The van der Waals surface area contributed by atoms with Gasteiger partial charge in [0.1, 0.15) is 5.82 Å². The number of carbonyl (C=O) groups is 1.